The van der Waals surface area contributed by atoms with Crippen LogP contribution in [0.4, 0.5) is 0 Å². The number of aryl methyl sites for hydroxylation is 3. The van der Waals surface area contributed by atoms with Gasteiger partial charge in [0.2, 0.25) is 0 Å². The van der Waals surface area contributed by atoms with Gasteiger partial charge in [0.05, 0.1) is 11.6 Å². The van der Waals surface area contributed by atoms with Gasteiger partial charge in [-0.15, -0.1) is 0 Å². The lowest BCUT2D eigenvalue weighted by molar-refractivity contribution is -0.139. The molecule has 1 aromatic heterocycles. The first-order valence-electron chi connectivity index (χ1n) is 7.77. The summed E-state index contributed by atoms with van der Waals surface area (Å²) in [6.45, 7) is 4.54. The summed E-state index contributed by atoms with van der Waals surface area (Å²) in [5.41, 5.74) is 2.86. The van der Waals surface area contributed by atoms with E-state index in [2.05, 4.69) is 5.10 Å². The first-order chi connectivity index (χ1) is 11.0. The molecular formula is C19H20N2O2. The van der Waals surface area contributed by atoms with E-state index < -0.39 is 11.9 Å². The summed E-state index contributed by atoms with van der Waals surface area (Å²) in [5.74, 6) is -1.31. The lowest BCUT2D eigenvalue weighted by Crippen LogP contribution is -2.15. The van der Waals surface area contributed by atoms with E-state index in [0.717, 1.165) is 27.7 Å². The summed E-state index contributed by atoms with van der Waals surface area (Å²) in [4.78, 5) is 11.7. The molecule has 118 valence electrons. The van der Waals surface area contributed by atoms with Crippen LogP contribution in [0.15, 0.2) is 48.5 Å². The fraction of sp³-hybridized carbons (Fsp3) is 0.263. The SMILES string of the molecule is Cc1cc(C)n(CCC(C(=O)O)c2ccc3ccccc3c2)n1. The number of aliphatic carboxylic acids is 1. The largest absolute Gasteiger partial charge is 0.481 e. The Morgan fingerprint density at radius 2 is 1.87 bits per heavy atom. The Morgan fingerprint density at radius 3 is 2.52 bits per heavy atom. The standard InChI is InChI=1S/C19H20N2O2/c1-13-11-14(2)21(20-13)10-9-18(19(22)23)17-8-7-15-5-3-4-6-16(15)12-17/h3-8,11-12,18H,9-10H2,1-2H3,(H,22,23). The molecule has 1 heterocycles. The smallest absolute Gasteiger partial charge is 0.311 e. The Labute approximate surface area is 135 Å². The van der Waals surface area contributed by atoms with Crippen molar-refractivity contribution in [3.05, 3.63) is 65.5 Å². The highest BCUT2D eigenvalue weighted by molar-refractivity contribution is 5.85. The first kappa shape index (κ1) is 15.3. The van der Waals surface area contributed by atoms with Gasteiger partial charge in [-0.2, -0.15) is 5.10 Å². The van der Waals surface area contributed by atoms with Crippen LogP contribution < -0.4 is 0 Å². The molecule has 0 saturated heterocycles. The molecule has 0 saturated carbocycles. The van der Waals surface area contributed by atoms with Gasteiger partial charge >= 0.3 is 5.97 Å². The average Bonchev–Trinajstić information content (AvgIpc) is 2.85. The Morgan fingerprint density at radius 1 is 1.13 bits per heavy atom. The maximum atomic E-state index is 11.7. The molecule has 1 unspecified atom stereocenters. The molecule has 0 aliphatic carbocycles. The second-order valence-electron chi connectivity index (χ2n) is 5.94. The maximum Gasteiger partial charge on any atom is 0.311 e. The molecule has 3 rings (SSSR count). The molecule has 4 nitrogen and oxygen atoms in total. The Bertz CT molecular complexity index is 851. The molecule has 0 amide bonds. The number of carboxylic acid groups (broad SMARTS) is 1. The number of fused-ring (bicyclic) bond motifs is 1. The third-order valence-electron chi connectivity index (χ3n) is 4.21. The normalized spacial score (nSPS) is 12.4. The predicted octanol–water partition coefficient (Wildman–Crippen LogP) is 3.91. The number of hydrogen-bond acceptors (Lipinski definition) is 2. The Balaban J connectivity index is 1.85. The van der Waals surface area contributed by atoms with Crippen molar-refractivity contribution in [1.29, 1.82) is 0 Å². The fourth-order valence-electron chi connectivity index (χ4n) is 3.01. The highest BCUT2D eigenvalue weighted by atomic mass is 16.4. The van der Waals surface area contributed by atoms with Gasteiger partial charge in [-0.1, -0.05) is 42.5 Å². The van der Waals surface area contributed by atoms with E-state index in [4.69, 9.17) is 0 Å². The molecule has 0 spiro atoms. The molecule has 0 bridgehead atoms. The lowest BCUT2D eigenvalue weighted by atomic mass is 9.93. The summed E-state index contributed by atoms with van der Waals surface area (Å²) < 4.78 is 1.88. The van der Waals surface area contributed by atoms with E-state index in [1.165, 1.54) is 0 Å². The van der Waals surface area contributed by atoms with Crippen molar-refractivity contribution in [3.63, 3.8) is 0 Å². The van der Waals surface area contributed by atoms with Gasteiger partial charge < -0.3 is 5.11 Å². The van der Waals surface area contributed by atoms with Crippen LogP contribution in [0.25, 0.3) is 10.8 Å². The molecular weight excluding hydrogens is 288 g/mol. The number of nitrogens with zero attached hydrogens (tertiary/aromatic N) is 2. The number of aromatic nitrogens is 2. The first-order valence-corrected chi connectivity index (χ1v) is 7.77. The van der Waals surface area contributed by atoms with Crippen molar-refractivity contribution in [2.45, 2.75) is 32.7 Å². The molecule has 1 N–H and O–H groups in total. The van der Waals surface area contributed by atoms with Crippen LogP contribution in [0.3, 0.4) is 0 Å². The summed E-state index contributed by atoms with van der Waals surface area (Å²) in [6.07, 6.45) is 0.523. The number of benzene rings is 2. The monoisotopic (exact) mass is 308 g/mol. The van der Waals surface area contributed by atoms with Gasteiger partial charge in [0.1, 0.15) is 0 Å². The number of rotatable bonds is 5. The highest BCUT2D eigenvalue weighted by Gasteiger charge is 2.20. The molecule has 0 radical (unpaired) electrons. The lowest BCUT2D eigenvalue weighted by Gasteiger charge is -2.14. The molecule has 0 aliphatic rings. The molecule has 0 aliphatic heterocycles. The predicted molar refractivity (Wildman–Crippen MR) is 90.6 cm³/mol. The molecule has 1 atom stereocenters. The third kappa shape index (κ3) is 3.26. The van der Waals surface area contributed by atoms with Crippen molar-refractivity contribution in [2.24, 2.45) is 0 Å². The second-order valence-corrected chi connectivity index (χ2v) is 5.94. The molecule has 23 heavy (non-hydrogen) atoms. The zero-order valence-corrected chi connectivity index (χ0v) is 13.4. The van der Waals surface area contributed by atoms with Crippen LogP contribution in [0.1, 0.15) is 29.3 Å². The molecule has 2 aromatic carbocycles. The maximum absolute atomic E-state index is 11.7. The van der Waals surface area contributed by atoms with Crippen molar-refractivity contribution in [3.8, 4) is 0 Å². The molecule has 0 fully saturated rings. The third-order valence-corrected chi connectivity index (χ3v) is 4.21. The molecule has 3 aromatic rings. The second kappa shape index (κ2) is 6.24. The van der Waals surface area contributed by atoms with Gasteiger partial charge in [-0.25, -0.2) is 0 Å². The van der Waals surface area contributed by atoms with Crippen molar-refractivity contribution in [2.75, 3.05) is 0 Å². The Kier molecular flexibility index (Phi) is 4.15. The van der Waals surface area contributed by atoms with E-state index >= 15 is 0 Å². The van der Waals surface area contributed by atoms with Gasteiger partial charge in [0.15, 0.2) is 0 Å². The van der Waals surface area contributed by atoms with Gasteiger partial charge in [0.25, 0.3) is 0 Å². The van der Waals surface area contributed by atoms with E-state index in [0.29, 0.717) is 13.0 Å². The van der Waals surface area contributed by atoms with Gasteiger partial charge in [0, 0.05) is 12.2 Å². The average molecular weight is 308 g/mol. The van der Waals surface area contributed by atoms with E-state index in [1.54, 1.807) is 0 Å². The Hall–Kier alpha value is -2.62. The minimum atomic E-state index is -0.790. The van der Waals surface area contributed by atoms with Crippen LogP contribution in [-0.2, 0) is 11.3 Å². The van der Waals surface area contributed by atoms with E-state index in [9.17, 15) is 9.90 Å². The summed E-state index contributed by atoms with van der Waals surface area (Å²) in [6, 6.07) is 15.9. The van der Waals surface area contributed by atoms with Gasteiger partial charge in [-0.3, -0.25) is 9.48 Å². The summed E-state index contributed by atoms with van der Waals surface area (Å²) in [5, 5.41) is 16.2. The zero-order chi connectivity index (χ0) is 16.4. The van der Waals surface area contributed by atoms with Crippen molar-refractivity contribution >= 4 is 16.7 Å². The van der Waals surface area contributed by atoms with Crippen LogP contribution in [-0.4, -0.2) is 20.9 Å². The van der Waals surface area contributed by atoms with Crippen LogP contribution >= 0.6 is 0 Å². The highest BCUT2D eigenvalue weighted by Crippen LogP contribution is 2.25. The number of carboxylic acids is 1. The number of hydrogen-bond donors (Lipinski definition) is 1. The summed E-state index contributed by atoms with van der Waals surface area (Å²) in [7, 11) is 0. The van der Waals surface area contributed by atoms with Crippen molar-refractivity contribution < 1.29 is 9.90 Å². The minimum absolute atomic E-state index is 0.523. The van der Waals surface area contributed by atoms with E-state index in [-0.39, 0.29) is 0 Å². The van der Waals surface area contributed by atoms with Crippen LogP contribution in [0.2, 0.25) is 0 Å². The van der Waals surface area contributed by atoms with Crippen LogP contribution in [0.5, 0.6) is 0 Å². The number of carbonyl (C=O) groups is 1. The van der Waals surface area contributed by atoms with Crippen LogP contribution in [0, 0.1) is 13.8 Å². The van der Waals surface area contributed by atoms with E-state index in [1.807, 2.05) is 67.1 Å². The topological polar surface area (TPSA) is 55.1 Å². The zero-order valence-electron chi connectivity index (χ0n) is 13.4. The molecule has 4 heteroatoms. The fourth-order valence-corrected chi connectivity index (χ4v) is 3.01. The minimum Gasteiger partial charge on any atom is -0.481 e. The van der Waals surface area contributed by atoms with Crippen molar-refractivity contribution in [1.82, 2.24) is 9.78 Å². The quantitative estimate of drug-likeness (QED) is 0.777. The summed E-state index contributed by atoms with van der Waals surface area (Å²) >= 11 is 0. The van der Waals surface area contributed by atoms with Gasteiger partial charge in [-0.05, 0) is 42.7 Å².